The lowest BCUT2D eigenvalue weighted by Crippen LogP contribution is -2.40. The average Bonchev–Trinajstić information content (AvgIpc) is 3.39. The molecular formula is C22H26N8OS. The van der Waals surface area contributed by atoms with Crippen LogP contribution in [0.25, 0.3) is 15.3 Å². The number of thiazole rings is 1. The fourth-order valence-corrected chi connectivity index (χ4v) is 4.67. The van der Waals surface area contributed by atoms with Crippen LogP contribution in [0.2, 0.25) is 0 Å². The highest BCUT2D eigenvalue weighted by molar-refractivity contribution is 7.20. The number of anilines is 3. The summed E-state index contributed by atoms with van der Waals surface area (Å²) in [6.07, 6.45) is 3.60. The molecule has 10 heteroatoms. The minimum absolute atomic E-state index is 0.589. The van der Waals surface area contributed by atoms with Gasteiger partial charge in [0.05, 0.1) is 40.4 Å². The molecule has 3 N–H and O–H groups in total. The number of hydrogen-bond donors (Lipinski definition) is 2. The van der Waals surface area contributed by atoms with Crippen LogP contribution in [0.4, 0.5) is 17.3 Å². The zero-order valence-electron chi connectivity index (χ0n) is 18.4. The molecule has 9 nitrogen and oxygen atoms in total. The van der Waals surface area contributed by atoms with Crippen LogP contribution in [0.3, 0.4) is 0 Å². The third-order valence-corrected chi connectivity index (χ3v) is 6.35. The first-order valence-corrected chi connectivity index (χ1v) is 11.4. The molecule has 0 spiro atoms. The van der Waals surface area contributed by atoms with Gasteiger partial charge in [-0.15, -0.1) is 0 Å². The highest BCUT2D eigenvalue weighted by atomic mass is 32.1. The molecule has 1 fully saturated rings. The fraction of sp³-hybridized carbons (Fsp3) is 0.364. The van der Waals surface area contributed by atoms with E-state index in [1.54, 1.807) is 17.5 Å². The second kappa shape index (κ2) is 8.12. The minimum atomic E-state index is -0.589. The number of morpholine rings is 1. The van der Waals surface area contributed by atoms with Crippen molar-refractivity contribution in [1.82, 2.24) is 24.7 Å². The predicted octanol–water partition coefficient (Wildman–Crippen LogP) is 3.35. The first kappa shape index (κ1) is 20.8. The van der Waals surface area contributed by atoms with Gasteiger partial charge in [-0.3, -0.25) is 0 Å². The van der Waals surface area contributed by atoms with Gasteiger partial charge in [0.15, 0.2) is 0 Å². The van der Waals surface area contributed by atoms with Crippen molar-refractivity contribution in [3.05, 3.63) is 48.0 Å². The third-order valence-electron chi connectivity index (χ3n) is 5.37. The van der Waals surface area contributed by atoms with E-state index in [2.05, 4.69) is 26.4 Å². The van der Waals surface area contributed by atoms with E-state index in [-0.39, 0.29) is 0 Å². The van der Waals surface area contributed by atoms with E-state index in [1.807, 2.05) is 49.8 Å². The van der Waals surface area contributed by atoms with Crippen molar-refractivity contribution in [3.63, 3.8) is 0 Å². The molecule has 0 aliphatic carbocycles. The molecule has 5 rings (SSSR count). The van der Waals surface area contributed by atoms with Crippen LogP contribution in [0.5, 0.6) is 0 Å². The number of ether oxygens (including phenoxy) is 1. The molecule has 0 radical (unpaired) electrons. The maximum atomic E-state index is 6.48. The van der Waals surface area contributed by atoms with Gasteiger partial charge in [0.2, 0.25) is 5.13 Å². The molecule has 32 heavy (non-hydrogen) atoms. The molecule has 0 saturated carbocycles. The van der Waals surface area contributed by atoms with Gasteiger partial charge in [0.25, 0.3) is 0 Å². The number of hydrogen-bond acceptors (Lipinski definition) is 9. The van der Waals surface area contributed by atoms with Gasteiger partial charge in [0.1, 0.15) is 11.6 Å². The van der Waals surface area contributed by atoms with Crippen molar-refractivity contribution in [2.45, 2.75) is 26.3 Å². The largest absolute Gasteiger partial charge is 0.378 e. The van der Waals surface area contributed by atoms with Gasteiger partial charge in [-0.25, -0.2) is 19.6 Å². The molecule has 0 unspecified atom stereocenters. The highest BCUT2D eigenvalue weighted by Crippen LogP contribution is 2.31. The Balaban J connectivity index is 1.44. The average molecular weight is 451 g/mol. The summed E-state index contributed by atoms with van der Waals surface area (Å²) >= 11 is 1.56. The van der Waals surface area contributed by atoms with Crippen LogP contribution in [-0.2, 0) is 10.3 Å². The Labute approximate surface area is 190 Å². The number of fused-ring (bicyclic) bond motifs is 1. The standard InChI is InChI=1S/C22H26N8OS/c1-14-6-7-25-30(14)21-26-15-12-19(24-13-17(15)32-21)27-18-5-4-16(20(28-18)22(2,3)23)29-8-10-31-11-9-29/h4-7,12-13H,8-11,23H2,1-3H3,(H,24,27,28). The molecular weight excluding hydrogens is 424 g/mol. The number of rotatable bonds is 5. The van der Waals surface area contributed by atoms with E-state index in [1.165, 1.54) is 0 Å². The van der Waals surface area contributed by atoms with Gasteiger partial charge in [-0.05, 0) is 39.0 Å². The number of pyridine rings is 2. The molecule has 166 valence electrons. The molecule has 4 aromatic heterocycles. The Kier molecular flexibility index (Phi) is 5.28. The molecule has 0 aromatic carbocycles. The van der Waals surface area contributed by atoms with Gasteiger partial charge in [0, 0.05) is 37.2 Å². The summed E-state index contributed by atoms with van der Waals surface area (Å²) in [6, 6.07) is 7.93. The lowest BCUT2D eigenvalue weighted by Gasteiger charge is -2.33. The molecule has 0 amide bonds. The van der Waals surface area contributed by atoms with Gasteiger partial charge in [-0.1, -0.05) is 11.3 Å². The Morgan fingerprint density at radius 3 is 2.66 bits per heavy atom. The van der Waals surface area contributed by atoms with Crippen LogP contribution in [0, 0.1) is 6.92 Å². The molecule has 1 saturated heterocycles. The van der Waals surface area contributed by atoms with Gasteiger partial charge in [-0.2, -0.15) is 5.10 Å². The number of nitrogens with one attached hydrogen (secondary N) is 1. The fourth-order valence-electron chi connectivity index (χ4n) is 3.74. The lowest BCUT2D eigenvalue weighted by molar-refractivity contribution is 0.122. The Bertz CT molecular complexity index is 1250. The number of aryl methyl sites for hydroxylation is 1. The zero-order chi connectivity index (χ0) is 22.3. The first-order chi connectivity index (χ1) is 15.4. The quantitative estimate of drug-likeness (QED) is 0.477. The minimum Gasteiger partial charge on any atom is -0.378 e. The van der Waals surface area contributed by atoms with Gasteiger partial charge < -0.3 is 20.7 Å². The summed E-state index contributed by atoms with van der Waals surface area (Å²) in [4.78, 5) is 16.4. The smallest absolute Gasteiger partial charge is 0.211 e. The van der Waals surface area contributed by atoms with Crippen molar-refractivity contribution in [2.75, 3.05) is 36.5 Å². The summed E-state index contributed by atoms with van der Waals surface area (Å²) < 4.78 is 8.32. The maximum absolute atomic E-state index is 6.48. The second-order valence-corrected chi connectivity index (χ2v) is 9.44. The van der Waals surface area contributed by atoms with E-state index in [0.717, 1.165) is 45.5 Å². The molecule has 0 bridgehead atoms. The Morgan fingerprint density at radius 1 is 1.12 bits per heavy atom. The maximum Gasteiger partial charge on any atom is 0.211 e. The van der Waals surface area contributed by atoms with Crippen molar-refractivity contribution in [3.8, 4) is 5.13 Å². The highest BCUT2D eigenvalue weighted by Gasteiger charge is 2.25. The number of nitrogens with zero attached hydrogens (tertiary/aromatic N) is 6. The molecule has 1 aliphatic heterocycles. The van der Waals surface area contributed by atoms with E-state index >= 15 is 0 Å². The van der Waals surface area contributed by atoms with Crippen LogP contribution in [0.1, 0.15) is 25.2 Å². The molecule has 1 aliphatic rings. The number of aromatic nitrogens is 5. The van der Waals surface area contributed by atoms with Crippen LogP contribution in [-0.4, -0.2) is 51.0 Å². The summed E-state index contributed by atoms with van der Waals surface area (Å²) in [6.45, 7) is 9.04. The van der Waals surface area contributed by atoms with Crippen LogP contribution in [0.15, 0.2) is 36.7 Å². The van der Waals surface area contributed by atoms with Crippen molar-refractivity contribution >= 4 is 38.9 Å². The number of nitrogens with two attached hydrogens (primary N) is 1. The summed E-state index contributed by atoms with van der Waals surface area (Å²) in [5, 5.41) is 8.48. The predicted molar refractivity (Wildman–Crippen MR) is 127 cm³/mol. The third kappa shape index (κ3) is 4.04. The van der Waals surface area contributed by atoms with E-state index in [9.17, 15) is 0 Å². The Hall–Kier alpha value is -3.08. The summed E-state index contributed by atoms with van der Waals surface area (Å²) in [5.41, 5.74) is 9.69. The first-order valence-electron chi connectivity index (χ1n) is 10.6. The monoisotopic (exact) mass is 450 g/mol. The zero-order valence-corrected chi connectivity index (χ0v) is 19.2. The van der Waals surface area contributed by atoms with E-state index < -0.39 is 5.54 Å². The molecule has 5 heterocycles. The van der Waals surface area contributed by atoms with E-state index in [4.69, 9.17) is 20.4 Å². The Morgan fingerprint density at radius 2 is 1.94 bits per heavy atom. The van der Waals surface area contributed by atoms with Gasteiger partial charge >= 0.3 is 0 Å². The second-order valence-electron chi connectivity index (χ2n) is 8.43. The van der Waals surface area contributed by atoms with Crippen LogP contribution < -0.4 is 16.0 Å². The molecule has 4 aromatic rings. The van der Waals surface area contributed by atoms with Crippen molar-refractivity contribution in [2.24, 2.45) is 5.73 Å². The van der Waals surface area contributed by atoms with Crippen molar-refractivity contribution < 1.29 is 4.74 Å². The summed E-state index contributed by atoms with van der Waals surface area (Å²) in [7, 11) is 0. The van der Waals surface area contributed by atoms with E-state index in [0.29, 0.717) is 24.8 Å². The van der Waals surface area contributed by atoms with Crippen molar-refractivity contribution in [1.29, 1.82) is 0 Å². The molecule has 0 atom stereocenters. The lowest BCUT2D eigenvalue weighted by atomic mass is 9.99. The van der Waals surface area contributed by atoms with Crippen LogP contribution >= 0.6 is 11.3 Å². The summed E-state index contributed by atoms with van der Waals surface area (Å²) in [5.74, 6) is 1.37. The normalized spacial score (nSPS) is 14.8. The SMILES string of the molecule is Cc1ccnn1-c1nc2cc(Nc3ccc(N4CCOCC4)c(C(C)(C)N)n3)ncc2s1. The topological polar surface area (TPSA) is 107 Å².